The van der Waals surface area contributed by atoms with Crippen molar-refractivity contribution < 1.29 is 9.90 Å². The number of nitrogens with zero attached hydrogens (tertiary/aromatic N) is 2. The predicted octanol–water partition coefficient (Wildman–Crippen LogP) is 2.25. The molecule has 0 bridgehead atoms. The Bertz CT molecular complexity index is 639. The molecule has 104 valence electrons. The molecule has 2 aromatic rings. The van der Waals surface area contributed by atoms with Crippen LogP contribution in [0.4, 0.5) is 5.82 Å². The van der Waals surface area contributed by atoms with Gasteiger partial charge < -0.3 is 10.0 Å². The Morgan fingerprint density at radius 3 is 2.95 bits per heavy atom. The summed E-state index contributed by atoms with van der Waals surface area (Å²) in [5, 5.41) is 10.7. The number of aldehydes is 1. The molecule has 2 atom stereocenters. The van der Waals surface area contributed by atoms with E-state index >= 15 is 0 Å². The molecule has 0 saturated carbocycles. The summed E-state index contributed by atoms with van der Waals surface area (Å²) in [6.45, 7) is 3.41. The molecule has 2 heterocycles. The Hall–Kier alpha value is -1.94. The zero-order valence-electron chi connectivity index (χ0n) is 11.5. The number of carbonyl (C=O) groups excluding carboxylic acids is 1. The monoisotopic (exact) mass is 270 g/mol. The van der Waals surface area contributed by atoms with Crippen LogP contribution in [0.15, 0.2) is 30.3 Å². The topological polar surface area (TPSA) is 53.4 Å². The van der Waals surface area contributed by atoms with Crippen molar-refractivity contribution >= 4 is 23.0 Å². The Kier molecular flexibility index (Phi) is 3.40. The minimum atomic E-state index is -0.319. The first-order valence-corrected chi connectivity index (χ1v) is 6.97. The fourth-order valence-electron chi connectivity index (χ4n) is 2.84. The molecule has 0 spiro atoms. The van der Waals surface area contributed by atoms with Crippen LogP contribution in [-0.4, -0.2) is 35.6 Å². The maximum Gasteiger partial charge on any atom is 0.153 e. The van der Waals surface area contributed by atoms with Crippen molar-refractivity contribution in [3.63, 3.8) is 0 Å². The largest absolute Gasteiger partial charge is 0.393 e. The van der Waals surface area contributed by atoms with E-state index in [1.165, 1.54) is 0 Å². The van der Waals surface area contributed by atoms with E-state index in [9.17, 15) is 9.90 Å². The van der Waals surface area contributed by atoms with Crippen molar-refractivity contribution in [2.24, 2.45) is 5.92 Å². The summed E-state index contributed by atoms with van der Waals surface area (Å²) >= 11 is 0. The van der Waals surface area contributed by atoms with Gasteiger partial charge in [0, 0.05) is 24.4 Å². The normalized spacial score (nSPS) is 20.3. The highest BCUT2D eigenvalue weighted by molar-refractivity contribution is 5.91. The average molecular weight is 270 g/mol. The lowest BCUT2D eigenvalue weighted by atomic mass is 10.0. The van der Waals surface area contributed by atoms with E-state index in [1.54, 1.807) is 0 Å². The van der Waals surface area contributed by atoms with E-state index in [1.807, 2.05) is 37.3 Å². The first kappa shape index (κ1) is 13.1. The Balaban J connectivity index is 2.00. The Morgan fingerprint density at radius 2 is 2.25 bits per heavy atom. The van der Waals surface area contributed by atoms with Crippen LogP contribution in [0.25, 0.3) is 10.9 Å². The van der Waals surface area contributed by atoms with Crippen LogP contribution in [0.2, 0.25) is 0 Å². The van der Waals surface area contributed by atoms with Gasteiger partial charge in [-0.1, -0.05) is 18.2 Å². The molecule has 0 radical (unpaired) electrons. The van der Waals surface area contributed by atoms with Crippen molar-refractivity contribution in [3.8, 4) is 0 Å². The van der Waals surface area contributed by atoms with E-state index in [0.29, 0.717) is 5.56 Å². The number of hydrogen-bond acceptors (Lipinski definition) is 4. The minimum absolute atomic E-state index is 0.253. The zero-order chi connectivity index (χ0) is 14.1. The van der Waals surface area contributed by atoms with Gasteiger partial charge in [0.25, 0.3) is 0 Å². The average Bonchev–Trinajstić information content (AvgIpc) is 2.95. The maximum atomic E-state index is 11.3. The van der Waals surface area contributed by atoms with Crippen LogP contribution in [0, 0.1) is 5.92 Å². The molecule has 0 amide bonds. The highest BCUT2D eigenvalue weighted by atomic mass is 16.3. The van der Waals surface area contributed by atoms with E-state index in [4.69, 9.17) is 0 Å². The van der Waals surface area contributed by atoms with Crippen molar-refractivity contribution in [3.05, 3.63) is 35.9 Å². The molecule has 2 unspecified atom stereocenters. The summed E-state index contributed by atoms with van der Waals surface area (Å²) in [4.78, 5) is 18.1. The van der Waals surface area contributed by atoms with Crippen molar-refractivity contribution in [1.82, 2.24) is 4.98 Å². The van der Waals surface area contributed by atoms with E-state index in [-0.39, 0.29) is 12.0 Å². The summed E-state index contributed by atoms with van der Waals surface area (Å²) in [7, 11) is 0. The van der Waals surface area contributed by atoms with Gasteiger partial charge in [-0.2, -0.15) is 0 Å². The highest BCUT2D eigenvalue weighted by Gasteiger charge is 2.28. The highest BCUT2D eigenvalue weighted by Crippen LogP contribution is 2.28. The summed E-state index contributed by atoms with van der Waals surface area (Å²) in [5.74, 6) is 0.990. The number of anilines is 1. The van der Waals surface area contributed by atoms with Crippen molar-refractivity contribution in [1.29, 1.82) is 0 Å². The van der Waals surface area contributed by atoms with Gasteiger partial charge in [0.05, 0.1) is 17.2 Å². The molecule has 1 saturated heterocycles. The SMILES string of the molecule is CC(O)C1CCN(c2nc3ccccc3cc2C=O)C1. The lowest BCUT2D eigenvalue weighted by molar-refractivity contribution is 0.112. The van der Waals surface area contributed by atoms with Crippen LogP contribution >= 0.6 is 0 Å². The van der Waals surface area contributed by atoms with Crippen LogP contribution in [0.3, 0.4) is 0 Å². The van der Waals surface area contributed by atoms with Gasteiger partial charge in [-0.3, -0.25) is 4.79 Å². The quantitative estimate of drug-likeness (QED) is 0.869. The van der Waals surface area contributed by atoms with Crippen molar-refractivity contribution in [2.45, 2.75) is 19.4 Å². The minimum Gasteiger partial charge on any atom is -0.393 e. The molecule has 3 rings (SSSR count). The molecule has 1 aliphatic rings. The second kappa shape index (κ2) is 5.21. The lowest BCUT2D eigenvalue weighted by Crippen LogP contribution is -2.25. The summed E-state index contributed by atoms with van der Waals surface area (Å²) < 4.78 is 0. The number of rotatable bonds is 3. The van der Waals surface area contributed by atoms with Crippen LogP contribution in [-0.2, 0) is 0 Å². The van der Waals surface area contributed by atoms with Gasteiger partial charge in [0.15, 0.2) is 6.29 Å². The van der Waals surface area contributed by atoms with Crippen LogP contribution in [0.5, 0.6) is 0 Å². The molecule has 1 aromatic carbocycles. The smallest absolute Gasteiger partial charge is 0.153 e. The van der Waals surface area contributed by atoms with Gasteiger partial charge in [0.1, 0.15) is 5.82 Å². The molecular formula is C16H18N2O2. The number of aromatic nitrogens is 1. The summed E-state index contributed by atoms with van der Waals surface area (Å²) in [5.41, 5.74) is 1.52. The first-order valence-electron chi connectivity index (χ1n) is 6.97. The maximum absolute atomic E-state index is 11.3. The number of carbonyl (C=O) groups is 1. The van der Waals surface area contributed by atoms with Crippen LogP contribution < -0.4 is 4.90 Å². The first-order chi connectivity index (χ1) is 9.69. The molecule has 1 aromatic heterocycles. The van der Waals surface area contributed by atoms with E-state index < -0.39 is 0 Å². The second-order valence-corrected chi connectivity index (χ2v) is 5.45. The fraction of sp³-hybridized carbons (Fsp3) is 0.375. The number of para-hydroxylation sites is 1. The van der Waals surface area contributed by atoms with Gasteiger partial charge in [-0.15, -0.1) is 0 Å². The molecular weight excluding hydrogens is 252 g/mol. The number of benzene rings is 1. The Labute approximate surface area is 118 Å². The van der Waals surface area contributed by atoms with Gasteiger partial charge >= 0.3 is 0 Å². The van der Waals surface area contributed by atoms with Crippen molar-refractivity contribution in [2.75, 3.05) is 18.0 Å². The predicted molar refractivity (Wildman–Crippen MR) is 79.1 cm³/mol. The summed E-state index contributed by atoms with van der Waals surface area (Å²) in [6, 6.07) is 9.69. The molecule has 0 aliphatic carbocycles. The van der Waals surface area contributed by atoms with Gasteiger partial charge in [-0.25, -0.2) is 4.98 Å². The number of aliphatic hydroxyl groups is 1. The number of hydrogen-bond donors (Lipinski definition) is 1. The standard InChI is InChI=1S/C16H18N2O2/c1-11(20)13-6-7-18(9-13)16-14(10-19)8-12-4-2-3-5-15(12)17-16/h2-5,8,10-11,13,20H,6-7,9H2,1H3. The summed E-state index contributed by atoms with van der Waals surface area (Å²) in [6.07, 6.45) is 1.48. The zero-order valence-corrected chi connectivity index (χ0v) is 11.5. The fourth-order valence-corrected chi connectivity index (χ4v) is 2.84. The molecule has 4 heteroatoms. The van der Waals surface area contributed by atoms with Gasteiger partial charge in [0.2, 0.25) is 0 Å². The number of fused-ring (bicyclic) bond motifs is 1. The third-order valence-electron chi connectivity index (χ3n) is 4.07. The lowest BCUT2D eigenvalue weighted by Gasteiger charge is -2.20. The third-order valence-corrected chi connectivity index (χ3v) is 4.07. The molecule has 1 N–H and O–H groups in total. The second-order valence-electron chi connectivity index (χ2n) is 5.45. The van der Waals surface area contributed by atoms with E-state index in [2.05, 4.69) is 9.88 Å². The number of aliphatic hydroxyl groups excluding tert-OH is 1. The molecule has 1 aliphatic heterocycles. The van der Waals surface area contributed by atoms with Crippen LogP contribution in [0.1, 0.15) is 23.7 Å². The van der Waals surface area contributed by atoms with E-state index in [0.717, 1.165) is 42.5 Å². The third kappa shape index (κ3) is 2.27. The molecule has 4 nitrogen and oxygen atoms in total. The molecule has 20 heavy (non-hydrogen) atoms. The number of pyridine rings is 1. The Morgan fingerprint density at radius 1 is 1.45 bits per heavy atom. The van der Waals surface area contributed by atoms with Gasteiger partial charge in [-0.05, 0) is 25.5 Å². The molecule has 1 fully saturated rings.